The maximum absolute atomic E-state index is 13.1. The fourth-order valence-electron chi connectivity index (χ4n) is 3.65. The molecule has 8 nitrogen and oxygen atoms in total. The van der Waals surface area contributed by atoms with E-state index in [2.05, 4.69) is 5.32 Å². The van der Waals surface area contributed by atoms with Crippen molar-refractivity contribution in [1.82, 2.24) is 4.31 Å². The molecule has 0 atom stereocenters. The van der Waals surface area contributed by atoms with E-state index in [0.29, 0.717) is 44.2 Å². The molecule has 1 aliphatic heterocycles. The molecule has 0 saturated carbocycles. The van der Waals surface area contributed by atoms with Crippen molar-refractivity contribution in [1.29, 1.82) is 0 Å². The molecule has 0 aliphatic carbocycles. The number of benzene rings is 2. The zero-order valence-corrected chi connectivity index (χ0v) is 20.0. The van der Waals surface area contributed by atoms with Gasteiger partial charge in [0, 0.05) is 25.2 Å². The Morgan fingerprint density at radius 1 is 1.00 bits per heavy atom. The largest absolute Gasteiger partial charge is 0.495 e. The summed E-state index contributed by atoms with van der Waals surface area (Å²) in [5, 5.41) is 2.78. The molecule has 3 rings (SSSR count). The molecular formula is C24H32N2O6S. The summed E-state index contributed by atoms with van der Waals surface area (Å²) < 4.78 is 44.1. The van der Waals surface area contributed by atoms with Crippen LogP contribution in [0, 0.1) is 0 Å². The highest BCUT2D eigenvalue weighted by Gasteiger charge is 2.29. The van der Waals surface area contributed by atoms with Crippen LogP contribution in [-0.4, -0.2) is 52.0 Å². The summed E-state index contributed by atoms with van der Waals surface area (Å²) >= 11 is 0. The smallest absolute Gasteiger partial charge is 0.246 e. The van der Waals surface area contributed by atoms with E-state index in [1.165, 1.54) is 17.5 Å². The number of carbonyl (C=O) groups is 1. The summed E-state index contributed by atoms with van der Waals surface area (Å²) in [5.41, 5.74) is 0.420. The van der Waals surface area contributed by atoms with Crippen LogP contribution in [0.1, 0.15) is 39.0 Å². The van der Waals surface area contributed by atoms with E-state index in [9.17, 15) is 13.2 Å². The molecule has 33 heavy (non-hydrogen) atoms. The molecule has 1 N–H and O–H groups in total. The molecule has 2 aromatic rings. The van der Waals surface area contributed by atoms with Gasteiger partial charge in [-0.3, -0.25) is 4.79 Å². The molecule has 0 radical (unpaired) electrons. The number of piperidine rings is 1. The van der Waals surface area contributed by atoms with Crippen LogP contribution in [0.15, 0.2) is 47.4 Å². The van der Waals surface area contributed by atoms with Crippen molar-refractivity contribution in [3.05, 3.63) is 42.5 Å². The number of sulfonamides is 1. The van der Waals surface area contributed by atoms with Crippen molar-refractivity contribution < 1.29 is 27.4 Å². The van der Waals surface area contributed by atoms with Crippen molar-refractivity contribution >= 4 is 21.6 Å². The number of ether oxygens (including phenoxy) is 3. The standard InChI is InChI=1S/C24H32N2O6S/c1-3-31-20-10-12-21(13-11-20)32-17-7-8-24(27)25-19-9-14-22(30-2)23(18-19)33(28,29)26-15-5-4-6-16-26/h9-14,18H,3-8,15-17H2,1-2H3,(H,25,27). The summed E-state index contributed by atoms with van der Waals surface area (Å²) in [4.78, 5) is 12.5. The number of nitrogens with one attached hydrogen (secondary N) is 1. The molecule has 1 amide bonds. The third-order valence-electron chi connectivity index (χ3n) is 5.33. The van der Waals surface area contributed by atoms with Gasteiger partial charge in [-0.15, -0.1) is 0 Å². The van der Waals surface area contributed by atoms with Crippen LogP contribution in [0.4, 0.5) is 5.69 Å². The predicted molar refractivity (Wildman–Crippen MR) is 127 cm³/mol. The van der Waals surface area contributed by atoms with Crippen molar-refractivity contribution in [2.24, 2.45) is 0 Å². The summed E-state index contributed by atoms with van der Waals surface area (Å²) in [6, 6.07) is 12.0. The minimum absolute atomic E-state index is 0.0727. The van der Waals surface area contributed by atoms with E-state index in [1.807, 2.05) is 31.2 Å². The third kappa shape index (κ3) is 6.85. The van der Waals surface area contributed by atoms with Crippen molar-refractivity contribution in [3.8, 4) is 17.2 Å². The van der Waals surface area contributed by atoms with Gasteiger partial charge in [-0.25, -0.2) is 8.42 Å². The van der Waals surface area contributed by atoms with Crippen LogP contribution in [0.2, 0.25) is 0 Å². The van der Waals surface area contributed by atoms with Crippen molar-refractivity contribution in [2.75, 3.05) is 38.7 Å². The lowest BCUT2D eigenvalue weighted by Crippen LogP contribution is -2.35. The van der Waals surface area contributed by atoms with Gasteiger partial charge in [-0.2, -0.15) is 4.31 Å². The molecule has 9 heteroatoms. The van der Waals surface area contributed by atoms with Gasteiger partial charge in [-0.1, -0.05) is 6.42 Å². The van der Waals surface area contributed by atoms with Crippen LogP contribution in [0.3, 0.4) is 0 Å². The topological polar surface area (TPSA) is 94.2 Å². The number of hydrogen-bond donors (Lipinski definition) is 1. The molecule has 2 aromatic carbocycles. The molecule has 1 aliphatic rings. The van der Waals surface area contributed by atoms with Crippen LogP contribution < -0.4 is 19.5 Å². The lowest BCUT2D eigenvalue weighted by molar-refractivity contribution is -0.116. The maximum Gasteiger partial charge on any atom is 0.246 e. The van der Waals surface area contributed by atoms with Gasteiger partial charge < -0.3 is 19.5 Å². The van der Waals surface area contributed by atoms with Gasteiger partial charge in [-0.05, 0) is 68.7 Å². The fourth-order valence-corrected chi connectivity index (χ4v) is 5.34. The number of anilines is 1. The van der Waals surface area contributed by atoms with E-state index in [4.69, 9.17) is 14.2 Å². The fraction of sp³-hybridized carbons (Fsp3) is 0.458. The maximum atomic E-state index is 13.1. The van der Waals surface area contributed by atoms with Crippen LogP contribution in [0.5, 0.6) is 17.2 Å². The second kappa shape index (κ2) is 11.9. The average Bonchev–Trinajstić information content (AvgIpc) is 2.83. The first-order valence-corrected chi connectivity index (χ1v) is 12.7. The number of amides is 1. The Morgan fingerprint density at radius 3 is 2.30 bits per heavy atom. The molecular weight excluding hydrogens is 444 g/mol. The molecule has 1 fully saturated rings. The van der Waals surface area contributed by atoms with Crippen molar-refractivity contribution in [3.63, 3.8) is 0 Å². The zero-order valence-electron chi connectivity index (χ0n) is 19.2. The number of hydrogen-bond acceptors (Lipinski definition) is 6. The minimum Gasteiger partial charge on any atom is -0.495 e. The lowest BCUT2D eigenvalue weighted by Gasteiger charge is -2.26. The quantitative estimate of drug-likeness (QED) is 0.492. The minimum atomic E-state index is -3.69. The van der Waals surface area contributed by atoms with Gasteiger partial charge in [0.1, 0.15) is 22.1 Å². The highest BCUT2D eigenvalue weighted by Crippen LogP contribution is 2.31. The SMILES string of the molecule is CCOc1ccc(OCCCC(=O)Nc2ccc(OC)c(S(=O)(=O)N3CCCCC3)c2)cc1. The summed E-state index contributed by atoms with van der Waals surface area (Å²) in [6.07, 6.45) is 3.49. The Labute approximate surface area is 195 Å². The molecule has 1 heterocycles. The first kappa shape index (κ1) is 24.9. The second-order valence-electron chi connectivity index (χ2n) is 7.73. The Morgan fingerprint density at radius 2 is 1.67 bits per heavy atom. The summed E-state index contributed by atoms with van der Waals surface area (Å²) in [7, 11) is -2.26. The van der Waals surface area contributed by atoms with E-state index < -0.39 is 10.0 Å². The van der Waals surface area contributed by atoms with Crippen LogP contribution in [0.25, 0.3) is 0 Å². The van der Waals surface area contributed by atoms with Gasteiger partial charge >= 0.3 is 0 Å². The summed E-state index contributed by atoms with van der Waals surface area (Å²) in [5.74, 6) is 1.55. The van der Waals surface area contributed by atoms with Gasteiger partial charge in [0.05, 0.1) is 20.3 Å². The lowest BCUT2D eigenvalue weighted by atomic mass is 10.2. The average molecular weight is 477 g/mol. The van der Waals surface area contributed by atoms with E-state index >= 15 is 0 Å². The Bertz CT molecular complexity index is 1020. The molecule has 0 aromatic heterocycles. The normalized spacial score (nSPS) is 14.5. The monoisotopic (exact) mass is 476 g/mol. The molecule has 0 bridgehead atoms. The number of nitrogens with zero attached hydrogens (tertiary/aromatic N) is 1. The van der Waals surface area contributed by atoms with E-state index in [-0.39, 0.29) is 23.0 Å². The van der Waals surface area contributed by atoms with Gasteiger partial charge in [0.2, 0.25) is 15.9 Å². The zero-order chi connectivity index (χ0) is 23.7. The number of carbonyl (C=O) groups excluding carboxylic acids is 1. The molecule has 180 valence electrons. The third-order valence-corrected chi connectivity index (χ3v) is 7.25. The van der Waals surface area contributed by atoms with Crippen LogP contribution in [-0.2, 0) is 14.8 Å². The number of methoxy groups -OCH3 is 1. The first-order chi connectivity index (χ1) is 15.9. The van der Waals surface area contributed by atoms with Crippen molar-refractivity contribution in [2.45, 2.75) is 43.9 Å². The Kier molecular flexibility index (Phi) is 8.96. The highest BCUT2D eigenvalue weighted by molar-refractivity contribution is 7.89. The van der Waals surface area contributed by atoms with E-state index in [0.717, 1.165) is 25.0 Å². The Hall–Kier alpha value is -2.78. The number of rotatable bonds is 11. The van der Waals surface area contributed by atoms with E-state index in [1.54, 1.807) is 12.1 Å². The highest BCUT2D eigenvalue weighted by atomic mass is 32.2. The predicted octanol–water partition coefficient (Wildman–Crippen LogP) is 4.07. The van der Waals surface area contributed by atoms with Gasteiger partial charge in [0.15, 0.2) is 0 Å². The van der Waals surface area contributed by atoms with Crippen LogP contribution >= 0.6 is 0 Å². The second-order valence-corrected chi connectivity index (χ2v) is 9.64. The molecule has 0 spiro atoms. The van der Waals surface area contributed by atoms with Gasteiger partial charge in [0.25, 0.3) is 0 Å². The Balaban J connectivity index is 1.54. The first-order valence-electron chi connectivity index (χ1n) is 11.3. The summed E-state index contributed by atoms with van der Waals surface area (Å²) in [6.45, 7) is 3.91. The molecule has 0 unspecified atom stereocenters. The molecule has 1 saturated heterocycles.